The number of nitrogens with zero attached hydrogens (tertiary/aromatic N) is 1. The minimum absolute atomic E-state index is 0.0162. The van der Waals surface area contributed by atoms with Gasteiger partial charge < -0.3 is 10.1 Å². The van der Waals surface area contributed by atoms with Gasteiger partial charge in [-0.1, -0.05) is 0 Å². The van der Waals surface area contributed by atoms with Gasteiger partial charge in [-0.05, 0) is 37.0 Å². The molecule has 1 aromatic rings. The van der Waals surface area contributed by atoms with Gasteiger partial charge in [0.25, 0.3) is 0 Å². The molecular formula is C14H15F3N2O. The molecule has 1 fully saturated rings. The maximum absolute atomic E-state index is 12.5. The molecule has 1 atom stereocenters. The third-order valence-corrected chi connectivity index (χ3v) is 3.36. The van der Waals surface area contributed by atoms with Crippen molar-refractivity contribution in [2.24, 2.45) is 5.92 Å². The van der Waals surface area contributed by atoms with Crippen molar-refractivity contribution in [2.45, 2.75) is 19.0 Å². The van der Waals surface area contributed by atoms with E-state index in [1.54, 1.807) is 6.07 Å². The number of nitrogens with one attached hydrogen (secondary N) is 1. The number of hydrogen-bond donors (Lipinski definition) is 1. The fourth-order valence-corrected chi connectivity index (χ4v) is 2.19. The average molecular weight is 284 g/mol. The van der Waals surface area contributed by atoms with Crippen molar-refractivity contribution in [3.05, 3.63) is 29.3 Å². The highest BCUT2D eigenvalue weighted by molar-refractivity contribution is 5.58. The van der Waals surface area contributed by atoms with Crippen molar-refractivity contribution in [3.8, 4) is 6.07 Å². The lowest BCUT2D eigenvalue weighted by molar-refractivity contribution is -0.137. The Labute approximate surface area is 115 Å². The maximum Gasteiger partial charge on any atom is 0.416 e. The molecule has 3 nitrogen and oxygen atoms in total. The lowest BCUT2D eigenvalue weighted by Crippen LogP contribution is -2.11. The van der Waals surface area contributed by atoms with Crippen molar-refractivity contribution in [1.82, 2.24) is 0 Å². The van der Waals surface area contributed by atoms with Gasteiger partial charge in [-0.2, -0.15) is 18.4 Å². The number of anilines is 1. The normalized spacial score (nSPS) is 18.8. The van der Waals surface area contributed by atoms with E-state index in [2.05, 4.69) is 5.32 Å². The number of ether oxygens (including phenoxy) is 1. The fraction of sp³-hybridized carbons (Fsp3) is 0.500. The highest BCUT2D eigenvalue weighted by Crippen LogP contribution is 2.31. The summed E-state index contributed by atoms with van der Waals surface area (Å²) < 4.78 is 42.9. The summed E-state index contributed by atoms with van der Waals surface area (Å²) in [5.41, 5.74) is -0.342. The molecule has 1 aliphatic rings. The lowest BCUT2D eigenvalue weighted by Gasteiger charge is -2.13. The van der Waals surface area contributed by atoms with Gasteiger partial charge in [0, 0.05) is 19.8 Å². The molecule has 0 amide bonds. The molecule has 0 saturated carbocycles. The highest BCUT2D eigenvalue weighted by Gasteiger charge is 2.31. The lowest BCUT2D eigenvalue weighted by atomic mass is 10.0. The van der Waals surface area contributed by atoms with E-state index in [0.29, 0.717) is 18.2 Å². The minimum Gasteiger partial charge on any atom is -0.384 e. The molecule has 1 heterocycles. The standard InChI is InChI=1S/C14H15F3N2O/c15-14(16,17)12-1-2-13(11(7-12)8-18)19-5-3-10-4-6-20-9-10/h1-2,7,10,19H,3-6,9H2. The van der Waals surface area contributed by atoms with Crippen molar-refractivity contribution in [2.75, 3.05) is 25.1 Å². The Balaban J connectivity index is 1.99. The molecule has 108 valence electrons. The van der Waals surface area contributed by atoms with Crippen LogP contribution >= 0.6 is 0 Å². The smallest absolute Gasteiger partial charge is 0.384 e. The Morgan fingerprint density at radius 2 is 2.20 bits per heavy atom. The van der Waals surface area contributed by atoms with Crippen LogP contribution in [0.25, 0.3) is 0 Å². The molecule has 20 heavy (non-hydrogen) atoms. The van der Waals surface area contributed by atoms with Gasteiger partial charge in [0.2, 0.25) is 0 Å². The number of nitriles is 1. The van der Waals surface area contributed by atoms with Crippen molar-refractivity contribution in [1.29, 1.82) is 5.26 Å². The van der Waals surface area contributed by atoms with Crippen LogP contribution in [0, 0.1) is 17.2 Å². The van der Waals surface area contributed by atoms with Gasteiger partial charge in [-0.15, -0.1) is 0 Å². The quantitative estimate of drug-likeness (QED) is 0.921. The molecule has 0 spiro atoms. The Hall–Kier alpha value is -1.74. The van der Waals surface area contributed by atoms with Crippen molar-refractivity contribution < 1.29 is 17.9 Å². The number of rotatable bonds is 4. The summed E-state index contributed by atoms with van der Waals surface area (Å²) in [6.45, 7) is 2.13. The summed E-state index contributed by atoms with van der Waals surface area (Å²) in [6, 6.07) is 4.98. The Kier molecular flexibility index (Phi) is 4.50. The molecule has 0 aliphatic carbocycles. The number of alkyl halides is 3. The predicted molar refractivity (Wildman–Crippen MR) is 68.2 cm³/mol. The summed E-state index contributed by atoms with van der Waals surface area (Å²) in [4.78, 5) is 0. The first-order valence-corrected chi connectivity index (χ1v) is 6.43. The van der Waals surface area contributed by atoms with Gasteiger partial charge >= 0.3 is 6.18 Å². The maximum atomic E-state index is 12.5. The molecular weight excluding hydrogens is 269 g/mol. The third kappa shape index (κ3) is 3.64. The topological polar surface area (TPSA) is 45.0 Å². The zero-order chi connectivity index (χ0) is 14.6. The molecule has 1 aliphatic heterocycles. The third-order valence-electron chi connectivity index (χ3n) is 3.36. The van der Waals surface area contributed by atoms with Gasteiger partial charge in [0.1, 0.15) is 6.07 Å². The van der Waals surface area contributed by atoms with Crippen LogP contribution in [0.2, 0.25) is 0 Å². The molecule has 2 rings (SSSR count). The van der Waals surface area contributed by atoms with Crippen LogP contribution in [0.1, 0.15) is 24.0 Å². The molecule has 0 radical (unpaired) electrons. The summed E-state index contributed by atoms with van der Waals surface area (Å²) in [6.07, 6.45) is -2.53. The number of benzene rings is 1. The van der Waals surface area contributed by atoms with Crippen LogP contribution in [0.5, 0.6) is 0 Å². The monoisotopic (exact) mass is 284 g/mol. The second-order valence-corrected chi connectivity index (χ2v) is 4.81. The van der Waals surface area contributed by atoms with Crippen LogP contribution in [-0.2, 0) is 10.9 Å². The second-order valence-electron chi connectivity index (χ2n) is 4.81. The summed E-state index contributed by atoms with van der Waals surface area (Å²) in [5, 5.41) is 12.0. The first-order chi connectivity index (χ1) is 9.50. The van der Waals surface area contributed by atoms with Crippen LogP contribution in [0.3, 0.4) is 0 Å². The summed E-state index contributed by atoms with van der Waals surface area (Å²) in [7, 11) is 0. The van der Waals surface area contributed by atoms with E-state index in [9.17, 15) is 13.2 Å². The van der Waals surface area contributed by atoms with Gasteiger partial charge in [-0.25, -0.2) is 0 Å². The van der Waals surface area contributed by atoms with E-state index in [0.717, 1.165) is 38.2 Å². The molecule has 1 aromatic carbocycles. The van der Waals surface area contributed by atoms with Crippen LogP contribution in [0.15, 0.2) is 18.2 Å². The molecule has 1 N–H and O–H groups in total. The summed E-state index contributed by atoms with van der Waals surface area (Å²) >= 11 is 0. The Morgan fingerprint density at radius 3 is 2.80 bits per heavy atom. The first-order valence-electron chi connectivity index (χ1n) is 6.43. The second kappa shape index (κ2) is 6.14. The van der Waals surface area contributed by atoms with Crippen LogP contribution < -0.4 is 5.32 Å². The van der Waals surface area contributed by atoms with E-state index < -0.39 is 11.7 Å². The number of hydrogen-bond acceptors (Lipinski definition) is 3. The number of halogens is 3. The molecule has 0 bridgehead atoms. The van der Waals surface area contributed by atoms with Crippen LogP contribution in [-0.4, -0.2) is 19.8 Å². The van der Waals surface area contributed by atoms with Crippen molar-refractivity contribution >= 4 is 5.69 Å². The SMILES string of the molecule is N#Cc1cc(C(F)(F)F)ccc1NCCC1CCOC1. The average Bonchev–Trinajstić information content (AvgIpc) is 2.91. The van der Waals surface area contributed by atoms with Gasteiger partial charge in [-0.3, -0.25) is 0 Å². The van der Waals surface area contributed by atoms with E-state index in [4.69, 9.17) is 10.00 Å². The molecule has 6 heteroatoms. The fourth-order valence-electron chi connectivity index (χ4n) is 2.19. The Bertz CT molecular complexity index is 502. The zero-order valence-electron chi connectivity index (χ0n) is 10.8. The molecule has 0 aromatic heterocycles. The zero-order valence-corrected chi connectivity index (χ0v) is 10.8. The summed E-state index contributed by atoms with van der Waals surface area (Å²) in [5.74, 6) is 0.488. The van der Waals surface area contributed by atoms with E-state index in [1.807, 2.05) is 0 Å². The largest absolute Gasteiger partial charge is 0.416 e. The van der Waals surface area contributed by atoms with E-state index in [1.165, 1.54) is 6.07 Å². The molecule has 1 saturated heterocycles. The first kappa shape index (κ1) is 14.7. The molecule has 1 unspecified atom stereocenters. The minimum atomic E-state index is -4.43. The van der Waals surface area contributed by atoms with E-state index in [-0.39, 0.29) is 5.56 Å². The highest BCUT2D eigenvalue weighted by atomic mass is 19.4. The van der Waals surface area contributed by atoms with Crippen molar-refractivity contribution in [3.63, 3.8) is 0 Å². The van der Waals surface area contributed by atoms with E-state index >= 15 is 0 Å². The van der Waals surface area contributed by atoms with Gasteiger partial charge in [0.15, 0.2) is 0 Å². The Morgan fingerprint density at radius 1 is 1.40 bits per heavy atom. The van der Waals surface area contributed by atoms with Crippen LogP contribution in [0.4, 0.5) is 18.9 Å². The predicted octanol–water partition coefficient (Wildman–Crippen LogP) is 3.42. The van der Waals surface area contributed by atoms with Gasteiger partial charge in [0.05, 0.1) is 16.8 Å².